The van der Waals surface area contributed by atoms with Crippen molar-refractivity contribution in [3.8, 4) is 0 Å². The highest BCUT2D eigenvalue weighted by Crippen LogP contribution is 2.22. The Morgan fingerprint density at radius 1 is 1.08 bits per heavy atom. The van der Waals surface area contributed by atoms with Crippen LogP contribution in [0.4, 0.5) is 21.8 Å². The van der Waals surface area contributed by atoms with Crippen molar-refractivity contribution in [3.05, 3.63) is 76.7 Å². The van der Waals surface area contributed by atoms with Crippen LogP contribution in [-0.4, -0.2) is 16.5 Å². The molecule has 0 saturated heterocycles. The number of anilines is 3. The van der Waals surface area contributed by atoms with E-state index in [1.807, 2.05) is 25.1 Å². The number of nitrogens with zero attached hydrogens (tertiary/aromatic N) is 2. The van der Waals surface area contributed by atoms with Gasteiger partial charge in [-0.3, -0.25) is 0 Å². The summed E-state index contributed by atoms with van der Waals surface area (Å²) < 4.78 is 12.9. The summed E-state index contributed by atoms with van der Waals surface area (Å²) >= 11 is 6.13. The molecule has 1 heterocycles. The molecule has 2 N–H and O–H groups in total. The normalized spacial score (nSPS) is 10.5. The van der Waals surface area contributed by atoms with E-state index in [0.717, 1.165) is 29.1 Å². The molecule has 6 heteroatoms. The van der Waals surface area contributed by atoms with E-state index in [9.17, 15) is 4.39 Å². The third-order valence-electron chi connectivity index (χ3n) is 3.72. The Balaban J connectivity index is 1.59. The molecule has 2 aromatic carbocycles. The molecule has 0 unspecified atom stereocenters. The first-order chi connectivity index (χ1) is 12.1. The first kappa shape index (κ1) is 17.2. The van der Waals surface area contributed by atoms with E-state index in [4.69, 9.17) is 11.6 Å². The summed E-state index contributed by atoms with van der Waals surface area (Å²) in [6.07, 6.45) is 2.46. The summed E-state index contributed by atoms with van der Waals surface area (Å²) in [7, 11) is 0. The smallest absolute Gasteiger partial charge is 0.229 e. The fourth-order valence-corrected chi connectivity index (χ4v) is 2.48. The minimum absolute atomic E-state index is 0.223. The number of hydrogen-bond donors (Lipinski definition) is 2. The molecule has 25 heavy (non-hydrogen) atoms. The highest BCUT2D eigenvalue weighted by atomic mass is 35.5. The molecule has 0 aliphatic heterocycles. The number of rotatable bonds is 6. The molecule has 0 fully saturated rings. The predicted octanol–water partition coefficient (Wildman–Crippen LogP) is 4.98. The second-order valence-electron chi connectivity index (χ2n) is 5.66. The van der Waals surface area contributed by atoms with Gasteiger partial charge in [0.05, 0.1) is 0 Å². The Kier molecular flexibility index (Phi) is 5.46. The lowest BCUT2D eigenvalue weighted by Gasteiger charge is -2.09. The largest absolute Gasteiger partial charge is 0.370 e. The van der Waals surface area contributed by atoms with Crippen molar-refractivity contribution < 1.29 is 4.39 Å². The number of benzene rings is 2. The fourth-order valence-electron chi connectivity index (χ4n) is 2.30. The molecule has 0 radical (unpaired) electrons. The second kappa shape index (κ2) is 7.94. The van der Waals surface area contributed by atoms with Crippen molar-refractivity contribution in [2.45, 2.75) is 13.3 Å². The van der Waals surface area contributed by atoms with Crippen LogP contribution in [0.5, 0.6) is 0 Å². The zero-order valence-electron chi connectivity index (χ0n) is 13.8. The van der Waals surface area contributed by atoms with E-state index in [-0.39, 0.29) is 5.82 Å². The summed E-state index contributed by atoms with van der Waals surface area (Å²) in [6.45, 7) is 2.65. The van der Waals surface area contributed by atoms with Gasteiger partial charge in [-0.2, -0.15) is 4.98 Å². The van der Waals surface area contributed by atoms with Crippen molar-refractivity contribution in [2.24, 2.45) is 0 Å². The lowest BCUT2D eigenvalue weighted by atomic mass is 10.1. The van der Waals surface area contributed by atoms with E-state index >= 15 is 0 Å². The molecule has 128 valence electrons. The molecule has 0 bridgehead atoms. The summed E-state index contributed by atoms with van der Waals surface area (Å²) in [6, 6.07) is 14.0. The van der Waals surface area contributed by atoms with Crippen molar-refractivity contribution >= 4 is 29.1 Å². The molecule has 0 saturated carbocycles. The van der Waals surface area contributed by atoms with Crippen molar-refractivity contribution in [3.63, 3.8) is 0 Å². The van der Waals surface area contributed by atoms with Crippen LogP contribution in [0.15, 0.2) is 54.7 Å². The van der Waals surface area contributed by atoms with Crippen molar-refractivity contribution in [2.75, 3.05) is 17.2 Å². The predicted molar refractivity (Wildman–Crippen MR) is 100 cm³/mol. The maximum absolute atomic E-state index is 12.9. The van der Waals surface area contributed by atoms with E-state index in [0.29, 0.717) is 17.5 Å². The lowest BCUT2D eigenvalue weighted by molar-refractivity contribution is 0.627. The van der Waals surface area contributed by atoms with Crippen LogP contribution in [0, 0.1) is 12.7 Å². The molecular formula is C19H18ClFN4. The van der Waals surface area contributed by atoms with Crippen molar-refractivity contribution in [1.82, 2.24) is 9.97 Å². The third-order valence-corrected chi connectivity index (χ3v) is 4.12. The van der Waals surface area contributed by atoms with E-state index in [1.54, 1.807) is 24.4 Å². The van der Waals surface area contributed by atoms with Gasteiger partial charge in [0, 0.05) is 23.5 Å². The second-order valence-corrected chi connectivity index (χ2v) is 6.06. The highest BCUT2D eigenvalue weighted by Gasteiger charge is 2.02. The average molecular weight is 357 g/mol. The SMILES string of the molecule is Cc1ccc(Nc2nccc(NCCc3ccc(F)cc3)n2)cc1Cl. The maximum Gasteiger partial charge on any atom is 0.229 e. The van der Waals surface area contributed by atoms with E-state index in [2.05, 4.69) is 20.6 Å². The maximum atomic E-state index is 12.9. The summed E-state index contributed by atoms with van der Waals surface area (Å²) in [4.78, 5) is 8.64. The van der Waals surface area contributed by atoms with Crippen LogP contribution >= 0.6 is 11.6 Å². The number of halogens is 2. The topological polar surface area (TPSA) is 49.8 Å². The van der Waals surface area contributed by atoms with Gasteiger partial charge in [0.25, 0.3) is 0 Å². The van der Waals surface area contributed by atoms with Gasteiger partial charge in [0.1, 0.15) is 11.6 Å². The highest BCUT2D eigenvalue weighted by molar-refractivity contribution is 6.31. The molecule has 0 amide bonds. The number of aryl methyl sites for hydroxylation is 1. The van der Waals surface area contributed by atoms with E-state index in [1.165, 1.54) is 12.1 Å². The Morgan fingerprint density at radius 3 is 2.64 bits per heavy atom. The number of aromatic nitrogens is 2. The molecule has 4 nitrogen and oxygen atoms in total. The first-order valence-electron chi connectivity index (χ1n) is 7.95. The zero-order chi connectivity index (χ0) is 17.6. The Bertz CT molecular complexity index is 852. The van der Waals surface area contributed by atoms with Crippen LogP contribution in [-0.2, 0) is 6.42 Å². The molecular weight excluding hydrogens is 339 g/mol. The monoisotopic (exact) mass is 356 g/mol. The summed E-state index contributed by atoms with van der Waals surface area (Å²) in [5.74, 6) is 0.990. The van der Waals surface area contributed by atoms with Gasteiger partial charge < -0.3 is 10.6 Å². The molecule has 0 spiro atoms. The zero-order valence-corrected chi connectivity index (χ0v) is 14.5. The summed E-state index contributed by atoms with van der Waals surface area (Å²) in [5.41, 5.74) is 2.92. The van der Waals surface area contributed by atoms with Crippen LogP contribution in [0.25, 0.3) is 0 Å². The molecule has 3 rings (SSSR count). The van der Waals surface area contributed by atoms with Gasteiger partial charge in [-0.1, -0.05) is 29.8 Å². The summed E-state index contributed by atoms with van der Waals surface area (Å²) in [5, 5.41) is 7.07. The molecule has 0 aliphatic rings. The standard InChI is InChI=1S/C19H18ClFN4/c1-13-2-7-16(12-17(13)20)24-19-23-11-9-18(25-19)22-10-8-14-3-5-15(21)6-4-14/h2-7,9,11-12H,8,10H2,1H3,(H2,22,23,24,25). The molecule has 1 aromatic heterocycles. The van der Waals surface area contributed by atoms with Gasteiger partial charge in [0.15, 0.2) is 0 Å². The van der Waals surface area contributed by atoms with Crippen molar-refractivity contribution in [1.29, 1.82) is 0 Å². The molecule has 0 aliphatic carbocycles. The van der Waals surface area contributed by atoms with Gasteiger partial charge in [-0.05, 0) is 54.8 Å². The van der Waals surface area contributed by atoms with Gasteiger partial charge >= 0.3 is 0 Å². The lowest BCUT2D eigenvalue weighted by Crippen LogP contribution is -2.07. The Labute approximate surface area is 151 Å². The first-order valence-corrected chi connectivity index (χ1v) is 8.32. The number of nitrogens with one attached hydrogen (secondary N) is 2. The minimum Gasteiger partial charge on any atom is -0.370 e. The van der Waals surface area contributed by atoms with Crippen LogP contribution in [0.2, 0.25) is 5.02 Å². The van der Waals surface area contributed by atoms with Gasteiger partial charge in [0.2, 0.25) is 5.95 Å². The Hall–Kier alpha value is -2.66. The van der Waals surface area contributed by atoms with E-state index < -0.39 is 0 Å². The quantitative estimate of drug-likeness (QED) is 0.654. The number of hydrogen-bond acceptors (Lipinski definition) is 4. The van der Waals surface area contributed by atoms with Crippen LogP contribution in [0.1, 0.15) is 11.1 Å². The van der Waals surface area contributed by atoms with Gasteiger partial charge in [-0.25, -0.2) is 9.37 Å². The minimum atomic E-state index is -0.223. The van der Waals surface area contributed by atoms with Gasteiger partial charge in [-0.15, -0.1) is 0 Å². The van der Waals surface area contributed by atoms with Crippen LogP contribution in [0.3, 0.4) is 0 Å². The van der Waals surface area contributed by atoms with Crippen LogP contribution < -0.4 is 10.6 Å². The third kappa shape index (κ3) is 4.90. The Morgan fingerprint density at radius 2 is 1.88 bits per heavy atom. The molecule has 3 aromatic rings. The average Bonchev–Trinajstić information content (AvgIpc) is 2.60. The fraction of sp³-hybridized carbons (Fsp3) is 0.158. The molecule has 0 atom stereocenters.